The van der Waals surface area contributed by atoms with E-state index in [1.165, 1.54) is 35.6 Å². The Morgan fingerprint density at radius 3 is 2.60 bits per heavy atom. The summed E-state index contributed by atoms with van der Waals surface area (Å²) >= 11 is 1.51. The lowest BCUT2D eigenvalue weighted by molar-refractivity contribution is -0.119. The average molecular weight is 424 g/mol. The van der Waals surface area contributed by atoms with Crippen LogP contribution in [0.5, 0.6) is 0 Å². The van der Waals surface area contributed by atoms with Crippen LogP contribution in [0.4, 0.5) is 10.1 Å². The molecule has 2 amide bonds. The van der Waals surface area contributed by atoms with Crippen molar-refractivity contribution in [2.24, 2.45) is 0 Å². The smallest absolute Gasteiger partial charge is 0.254 e. The maximum atomic E-state index is 13.5. The van der Waals surface area contributed by atoms with Crippen LogP contribution in [0.3, 0.4) is 0 Å². The first-order chi connectivity index (χ1) is 14.6. The largest absolute Gasteiger partial charge is 0.383 e. The van der Waals surface area contributed by atoms with Crippen LogP contribution in [0.2, 0.25) is 0 Å². The molecule has 0 spiro atoms. The van der Waals surface area contributed by atoms with Gasteiger partial charge in [0.2, 0.25) is 5.91 Å². The molecule has 1 N–H and O–H groups in total. The van der Waals surface area contributed by atoms with Crippen molar-refractivity contribution >= 4 is 28.8 Å². The van der Waals surface area contributed by atoms with Crippen LogP contribution >= 0.6 is 11.3 Å². The van der Waals surface area contributed by atoms with Gasteiger partial charge in [-0.3, -0.25) is 9.59 Å². The summed E-state index contributed by atoms with van der Waals surface area (Å²) in [5.41, 5.74) is 1.71. The lowest BCUT2D eigenvalue weighted by Gasteiger charge is -2.41. The maximum Gasteiger partial charge on any atom is 0.254 e. The molecule has 5 nitrogen and oxygen atoms in total. The summed E-state index contributed by atoms with van der Waals surface area (Å²) in [5.74, 6) is -1.35. The summed E-state index contributed by atoms with van der Waals surface area (Å²) < 4.78 is 18.5. The Morgan fingerprint density at radius 1 is 1.13 bits per heavy atom. The summed E-state index contributed by atoms with van der Waals surface area (Å²) in [4.78, 5) is 29.4. The zero-order valence-corrected chi connectivity index (χ0v) is 17.2. The minimum atomic E-state index is -0.612. The number of hydrogen-bond acceptors (Lipinski definition) is 4. The van der Waals surface area contributed by atoms with Crippen LogP contribution in [0.1, 0.15) is 32.8 Å². The van der Waals surface area contributed by atoms with E-state index in [2.05, 4.69) is 5.32 Å². The highest BCUT2D eigenvalue weighted by molar-refractivity contribution is 7.10. The minimum absolute atomic E-state index is 0.119. The van der Waals surface area contributed by atoms with Crippen molar-refractivity contribution in [3.8, 4) is 0 Å². The first-order valence-electron chi connectivity index (χ1n) is 9.59. The van der Waals surface area contributed by atoms with Gasteiger partial charge in [0.05, 0.1) is 18.6 Å². The first-order valence-corrected chi connectivity index (χ1v) is 10.5. The Bertz CT molecular complexity index is 1040. The van der Waals surface area contributed by atoms with Crippen molar-refractivity contribution in [3.05, 3.63) is 87.9 Å². The predicted octanol–water partition coefficient (Wildman–Crippen LogP) is 4.45. The second kappa shape index (κ2) is 8.77. The number of halogens is 1. The molecule has 2 heterocycles. The van der Waals surface area contributed by atoms with Crippen LogP contribution in [-0.2, 0) is 9.53 Å². The molecule has 3 aromatic rings. The summed E-state index contributed by atoms with van der Waals surface area (Å²) in [6, 6.07) is 16.3. The molecule has 4 rings (SSSR count). The zero-order chi connectivity index (χ0) is 21.1. The molecule has 2 aromatic carbocycles. The molecule has 0 saturated carbocycles. The molecular weight excluding hydrogens is 403 g/mol. The third-order valence-electron chi connectivity index (χ3n) is 5.20. The maximum absolute atomic E-state index is 13.5. The van der Waals surface area contributed by atoms with Gasteiger partial charge < -0.3 is 15.0 Å². The van der Waals surface area contributed by atoms with Crippen molar-refractivity contribution in [2.75, 3.05) is 25.6 Å². The number of methoxy groups -OCH3 is 1. The standard InChI is InChI=1S/C23H21FN2O3S/c1-29-13-12-26-21(19-7-4-14-30-19)20(17-5-2-3-6-18(17)23(26)28)22(27)25-16-10-8-15(24)9-11-16/h2-11,14,20-21H,12-13H2,1H3,(H,25,27)/t20-,21+/m0/s1. The van der Waals surface area contributed by atoms with Gasteiger partial charge in [0, 0.05) is 29.8 Å². The van der Waals surface area contributed by atoms with Gasteiger partial charge >= 0.3 is 0 Å². The molecule has 0 saturated heterocycles. The Morgan fingerprint density at radius 2 is 1.90 bits per heavy atom. The van der Waals surface area contributed by atoms with E-state index >= 15 is 0 Å². The normalized spacial score (nSPS) is 18.2. The number of nitrogens with zero attached hydrogens (tertiary/aromatic N) is 1. The van der Waals surface area contributed by atoms with Gasteiger partial charge in [-0.25, -0.2) is 4.39 Å². The molecule has 1 aliphatic heterocycles. The Kier molecular flexibility index (Phi) is 5.92. The van der Waals surface area contributed by atoms with Crippen LogP contribution in [-0.4, -0.2) is 37.0 Å². The zero-order valence-electron chi connectivity index (χ0n) is 16.4. The Balaban J connectivity index is 1.78. The van der Waals surface area contributed by atoms with Gasteiger partial charge in [-0.2, -0.15) is 0 Å². The van der Waals surface area contributed by atoms with Gasteiger partial charge in [0.15, 0.2) is 0 Å². The van der Waals surface area contributed by atoms with E-state index < -0.39 is 12.0 Å². The molecular formula is C23H21FN2O3S. The van der Waals surface area contributed by atoms with E-state index in [0.717, 1.165) is 4.88 Å². The van der Waals surface area contributed by atoms with E-state index in [4.69, 9.17) is 4.74 Å². The monoisotopic (exact) mass is 424 g/mol. The fourth-order valence-corrected chi connectivity index (χ4v) is 4.71. The highest BCUT2D eigenvalue weighted by Gasteiger charge is 2.44. The van der Waals surface area contributed by atoms with Crippen molar-refractivity contribution in [1.82, 2.24) is 4.90 Å². The molecule has 0 aliphatic carbocycles. The van der Waals surface area contributed by atoms with Gasteiger partial charge in [-0.1, -0.05) is 24.3 Å². The molecule has 2 atom stereocenters. The van der Waals surface area contributed by atoms with E-state index in [9.17, 15) is 14.0 Å². The highest BCUT2D eigenvalue weighted by Crippen LogP contribution is 2.44. The number of rotatable bonds is 6. The van der Waals surface area contributed by atoms with Gasteiger partial charge in [0.25, 0.3) is 5.91 Å². The number of benzene rings is 2. The Hall–Kier alpha value is -3.03. The van der Waals surface area contributed by atoms with Crippen molar-refractivity contribution in [3.63, 3.8) is 0 Å². The van der Waals surface area contributed by atoms with Crippen molar-refractivity contribution in [1.29, 1.82) is 0 Å². The molecule has 1 aromatic heterocycles. The van der Waals surface area contributed by atoms with E-state index in [0.29, 0.717) is 30.0 Å². The molecule has 0 unspecified atom stereocenters. The fourth-order valence-electron chi connectivity index (χ4n) is 3.84. The number of anilines is 1. The number of ether oxygens (including phenoxy) is 1. The number of carbonyl (C=O) groups excluding carboxylic acids is 2. The molecule has 0 bridgehead atoms. The fraction of sp³-hybridized carbons (Fsp3) is 0.217. The number of fused-ring (bicyclic) bond motifs is 1. The Labute approximate surface area is 178 Å². The second-order valence-electron chi connectivity index (χ2n) is 7.01. The van der Waals surface area contributed by atoms with E-state index in [1.807, 2.05) is 29.6 Å². The summed E-state index contributed by atoms with van der Waals surface area (Å²) in [5, 5.41) is 4.83. The van der Waals surface area contributed by atoms with Crippen LogP contribution in [0.15, 0.2) is 66.0 Å². The molecule has 30 heavy (non-hydrogen) atoms. The summed E-state index contributed by atoms with van der Waals surface area (Å²) in [7, 11) is 1.58. The SMILES string of the molecule is COCCN1C(=O)c2ccccc2[C@H](C(=O)Nc2ccc(F)cc2)[C@H]1c1cccs1. The highest BCUT2D eigenvalue weighted by atomic mass is 32.1. The number of thiophene rings is 1. The number of amides is 2. The second-order valence-corrected chi connectivity index (χ2v) is 7.99. The van der Waals surface area contributed by atoms with Gasteiger partial charge in [-0.05, 0) is 47.3 Å². The van der Waals surface area contributed by atoms with E-state index in [-0.39, 0.29) is 17.6 Å². The van der Waals surface area contributed by atoms with Crippen molar-refractivity contribution < 1.29 is 18.7 Å². The third-order valence-corrected chi connectivity index (χ3v) is 6.15. The van der Waals surface area contributed by atoms with Crippen LogP contribution in [0, 0.1) is 5.82 Å². The van der Waals surface area contributed by atoms with Crippen LogP contribution in [0.25, 0.3) is 0 Å². The van der Waals surface area contributed by atoms with Gasteiger partial charge in [0.1, 0.15) is 5.82 Å². The molecule has 0 radical (unpaired) electrons. The molecule has 1 aliphatic rings. The van der Waals surface area contributed by atoms with Gasteiger partial charge in [-0.15, -0.1) is 11.3 Å². The summed E-state index contributed by atoms with van der Waals surface area (Å²) in [6.07, 6.45) is 0. The van der Waals surface area contributed by atoms with Crippen LogP contribution < -0.4 is 5.32 Å². The lowest BCUT2D eigenvalue weighted by atomic mass is 9.81. The van der Waals surface area contributed by atoms with E-state index in [1.54, 1.807) is 24.1 Å². The minimum Gasteiger partial charge on any atom is -0.383 e. The van der Waals surface area contributed by atoms with Crippen molar-refractivity contribution in [2.45, 2.75) is 12.0 Å². The average Bonchev–Trinajstić information content (AvgIpc) is 3.29. The quantitative estimate of drug-likeness (QED) is 0.636. The third kappa shape index (κ3) is 3.86. The molecule has 154 valence electrons. The number of hydrogen-bond donors (Lipinski definition) is 1. The number of nitrogens with one attached hydrogen (secondary N) is 1. The summed E-state index contributed by atoms with van der Waals surface area (Å²) in [6.45, 7) is 0.731. The number of carbonyl (C=O) groups is 2. The first kappa shape index (κ1) is 20.3. The predicted molar refractivity (Wildman–Crippen MR) is 114 cm³/mol. The molecule has 0 fully saturated rings. The lowest BCUT2D eigenvalue weighted by Crippen LogP contribution is -2.47. The molecule has 7 heteroatoms. The topological polar surface area (TPSA) is 58.6 Å².